The molecule has 4 heteroatoms. The van der Waals surface area contributed by atoms with Gasteiger partial charge in [0, 0.05) is 18.8 Å². The lowest BCUT2D eigenvalue weighted by atomic mass is 10.1. The Labute approximate surface area is 103 Å². The van der Waals surface area contributed by atoms with E-state index in [2.05, 4.69) is 35.2 Å². The molecular formula is C13H20N4. The minimum atomic E-state index is 0.648. The van der Waals surface area contributed by atoms with E-state index in [4.69, 9.17) is 5.26 Å². The highest BCUT2D eigenvalue weighted by molar-refractivity contribution is 5.56. The number of rotatable bonds is 5. The molecule has 92 valence electrons. The fourth-order valence-electron chi connectivity index (χ4n) is 1.63. The fourth-order valence-corrected chi connectivity index (χ4v) is 1.63. The predicted octanol–water partition coefficient (Wildman–Crippen LogP) is 1.93. The highest BCUT2D eigenvalue weighted by Crippen LogP contribution is 2.17. The molecule has 4 nitrogen and oxygen atoms in total. The summed E-state index contributed by atoms with van der Waals surface area (Å²) in [5.74, 6) is 0.703. The van der Waals surface area contributed by atoms with Gasteiger partial charge in [-0.1, -0.05) is 6.92 Å². The molecule has 0 fully saturated rings. The SMILES string of the molecule is CCN(C)CCNc1nc(C)cc(C)c1C#N. The Morgan fingerprint density at radius 3 is 2.76 bits per heavy atom. The summed E-state index contributed by atoms with van der Waals surface area (Å²) in [4.78, 5) is 6.59. The van der Waals surface area contributed by atoms with Crippen LogP contribution in [0.3, 0.4) is 0 Å². The molecule has 17 heavy (non-hydrogen) atoms. The molecule has 0 radical (unpaired) electrons. The summed E-state index contributed by atoms with van der Waals surface area (Å²) in [5.41, 5.74) is 2.56. The molecule has 1 rings (SSSR count). The first kappa shape index (κ1) is 13.5. The first-order valence-corrected chi connectivity index (χ1v) is 5.89. The van der Waals surface area contributed by atoms with Gasteiger partial charge in [-0.15, -0.1) is 0 Å². The first-order chi connectivity index (χ1) is 8.08. The largest absolute Gasteiger partial charge is 0.368 e. The topological polar surface area (TPSA) is 52.0 Å². The summed E-state index contributed by atoms with van der Waals surface area (Å²) in [6.45, 7) is 8.77. The Balaban J connectivity index is 2.74. The highest BCUT2D eigenvalue weighted by atomic mass is 15.1. The van der Waals surface area contributed by atoms with Crippen LogP contribution in [-0.4, -0.2) is 36.6 Å². The van der Waals surface area contributed by atoms with Crippen molar-refractivity contribution in [2.24, 2.45) is 0 Å². The zero-order valence-corrected chi connectivity index (χ0v) is 11.0. The zero-order valence-electron chi connectivity index (χ0n) is 11.0. The van der Waals surface area contributed by atoms with Crippen LogP contribution in [0.5, 0.6) is 0 Å². The van der Waals surface area contributed by atoms with Crippen molar-refractivity contribution in [1.82, 2.24) is 9.88 Å². The molecule has 0 spiro atoms. The van der Waals surface area contributed by atoms with Crippen molar-refractivity contribution in [3.05, 3.63) is 22.9 Å². The molecule has 0 aliphatic carbocycles. The predicted molar refractivity (Wildman–Crippen MR) is 70.1 cm³/mol. The van der Waals surface area contributed by atoms with Crippen molar-refractivity contribution in [2.75, 3.05) is 32.0 Å². The Hall–Kier alpha value is -1.60. The number of anilines is 1. The third kappa shape index (κ3) is 3.72. The molecule has 1 aromatic rings. The molecule has 0 unspecified atom stereocenters. The van der Waals surface area contributed by atoms with Crippen LogP contribution in [0.1, 0.15) is 23.7 Å². The Kier molecular flexibility index (Phi) is 4.92. The number of likely N-dealkylation sites (N-methyl/N-ethyl adjacent to an activating group) is 1. The van der Waals surface area contributed by atoms with Crippen LogP contribution in [0, 0.1) is 25.2 Å². The van der Waals surface area contributed by atoms with Gasteiger partial charge >= 0.3 is 0 Å². The van der Waals surface area contributed by atoms with Crippen molar-refractivity contribution in [1.29, 1.82) is 5.26 Å². The van der Waals surface area contributed by atoms with Crippen LogP contribution in [0.2, 0.25) is 0 Å². The van der Waals surface area contributed by atoms with Crippen LogP contribution in [0.25, 0.3) is 0 Å². The van der Waals surface area contributed by atoms with Crippen molar-refractivity contribution in [3.8, 4) is 6.07 Å². The molecule has 0 atom stereocenters. The Morgan fingerprint density at radius 2 is 2.18 bits per heavy atom. The van der Waals surface area contributed by atoms with Gasteiger partial charge in [-0.05, 0) is 39.1 Å². The quantitative estimate of drug-likeness (QED) is 0.843. The maximum atomic E-state index is 9.10. The van der Waals surface area contributed by atoms with Crippen molar-refractivity contribution in [2.45, 2.75) is 20.8 Å². The molecule has 1 N–H and O–H groups in total. The number of nitriles is 1. The fraction of sp³-hybridized carbons (Fsp3) is 0.538. The minimum absolute atomic E-state index is 0.648. The minimum Gasteiger partial charge on any atom is -0.368 e. The van der Waals surface area contributed by atoms with E-state index in [0.717, 1.165) is 30.9 Å². The maximum Gasteiger partial charge on any atom is 0.144 e. The average molecular weight is 232 g/mol. The van der Waals surface area contributed by atoms with Crippen LogP contribution in [0.4, 0.5) is 5.82 Å². The summed E-state index contributed by atoms with van der Waals surface area (Å²) in [6.07, 6.45) is 0. The van der Waals surface area contributed by atoms with E-state index in [1.165, 1.54) is 0 Å². The third-order valence-electron chi connectivity index (χ3n) is 2.78. The second kappa shape index (κ2) is 6.21. The van der Waals surface area contributed by atoms with E-state index in [9.17, 15) is 0 Å². The van der Waals surface area contributed by atoms with Crippen molar-refractivity contribution < 1.29 is 0 Å². The second-order valence-electron chi connectivity index (χ2n) is 4.24. The summed E-state index contributed by atoms with van der Waals surface area (Å²) >= 11 is 0. The molecule has 0 aromatic carbocycles. The van der Waals surface area contributed by atoms with Gasteiger partial charge in [-0.2, -0.15) is 5.26 Å². The van der Waals surface area contributed by atoms with E-state index in [1.54, 1.807) is 0 Å². The number of hydrogen-bond acceptors (Lipinski definition) is 4. The molecule has 0 aliphatic heterocycles. The number of aromatic nitrogens is 1. The number of pyridine rings is 1. The van der Waals surface area contributed by atoms with Crippen molar-refractivity contribution in [3.63, 3.8) is 0 Å². The van der Waals surface area contributed by atoms with Crippen LogP contribution < -0.4 is 5.32 Å². The lowest BCUT2D eigenvalue weighted by Gasteiger charge is -2.15. The van der Waals surface area contributed by atoms with Crippen LogP contribution in [0.15, 0.2) is 6.07 Å². The number of nitrogens with one attached hydrogen (secondary N) is 1. The molecule has 0 saturated heterocycles. The van der Waals surface area contributed by atoms with E-state index < -0.39 is 0 Å². The molecule has 0 saturated carbocycles. The lowest BCUT2D eigenvalue weighted by Crippen LogP contribution is -2.25. The van der Waals surface area contributed by atoms with Gasteiger partial charge in [0.25, 0.3) is 0 Å². The van der Waals surface area contributed by atoms with Crippen molar-refractivity contribution >= 4 is 5.82 Å². The molecule has 1 aromatic heterocycles. The Bertz CT molecular complexity index is 420. The van der Waals surface area contributed by atoms with Gasteiger partial charge in [-0.25, -0.2) is 4.98 Å². The summed E-state index contributed by atoms with van der Waals surface area (Å²) in [5, 5.41) is 12.3. The number of nitrogens with zero attached hydrogens (tertiary/aromatic N) is 3. The maximum absolute atomic E-state index is 9.10. The standard InChI is InChI=1S/C13H20N4/c1-5-17(4)7-6-15-13-12(9-14)10(2)8-11(3)16-13/h8H,5-7H2,1-4H3,(H,15,16). The number of hydrogen-bond donors (Lipinski definition) is 1. The van der Waals surface area contributed by atoms with Gasteiger partial charge in [-0.3, -0.25) is 0 Å². The molecule has 0 bridgehead atoms. The van der Waals surface area contributed by atoms with E-state index in [1.807, 2.05) is 19.9 Å². The van der Waals surface area contributed by atoms with Gasteiger partial charge in [0.15, 0.2) is 0 Å². The lowest BCUT2D eigenvalue weighted by molar-refractivity contribution is 0.367. The molecule has 1 heterocycles. The number of aryl methyl sites for hydroxylation is 2. The first-order valence-electron chi connectivity index (χ1n) is 5.89. The van der Waals surface area contributed by atoms with Gasteiger partial charge < -0.3 is 10.2 Å². The normalized spacial score (nSPS) is 10.4. The van der Waals surface area contributed by atoms with Crippen LogP contribution >= 0.6 is 0 Å². The van der Waals surface area contributed by atoms with Crippen LogP contribution in [-0.2, 0) is 0 Å². The van der Waals surface area contributed by atoms with Gasteiger partial charge in [0.05, 0.1) is 5.56 Å². The van der Waals surface area contributed by atoms with E-state index in [-0.39, 0.29) is 0 Å². The third-order valence-corrected chi connectivity index (χ3v) is 2.78. The molecular weight excluding hydrogens is 212 g/mol. The second-order valence-corrected chi connectivity index (χ2v) is 4.24. The van der Waals surface area contributed by atoms with Gasteiger partial charge in [0.1, 0.15) is 11.9 Å². The monoisotopic (exact) mass is 232 g/mol. The highest BCUT2D eigenvalue weighted by Gasteiger charge is 2.07. The summed E-state index contributed by atoms with van der Waals surface area (Å²) in [6, 6.07) is 4.14. The Morgan fingerprint density at radius 1 is 1.47 bits per heavy atom. The molecule has 0 amide bonds. The van der Waals surface area contributed by atoms with E-state index >= 15 is 0 Å². The zero-order chi connectivity index (χ0) is 12.8. The summed E-state index contributed by atoms with van der Waals surface area (Å²) in [7, 11) is 2.07. The smallest absolute Gasteiger partial charge is 0.144 e. The average Bonchev–Trinajstić information content (AvgIpc) is 2.28. The molecule has 0 aliphatic rings. The van der Waals surface area contributed by atoms with E-state index in [0.29, 0.717) is 11.4 Å². The summed E-state index contributed by atoms with van der Waals surface area (Å²) < 4.78 is 0. The van der Waals surface area contributed by atoms with Gasteiger partial charge in [0.2, 0.25) is 0 Å².